The number of benzene rings is 2. The minimum atomic E-state index is -0.236. The van der Waals surface area contributed by atoms with Crippen LogP contribution < -0.4 is 15.4 Å². The second-order valence-corrected chi connectivity index (χ2v) is 6.84. The molecule has 0 aliphatic rings. The summed E-state index contributed by atoms with van der Waals surface area (Å²) in [6.45, 7) is 2.68. The summed E-state index contributed by atoms with van der Waals surface area (Å²) in [5.74, 6) is 2.32. The van der Waals surface area contributed by atoms with Crippen LogP contribution in [-0.2, 0) is 12.8 Å². The highest BCUT2D eigenvalue weighted by atomic mass is 19.1. The Labute approximate surface area is 173 Å². The largest absolute Gasteiger partial charge is 0.497 e. The van der Waals surface area contributed by atoms with Crippen molar-refractivity contribution in [3.8, 4) is 5.75 Å². The molecule has 0 fully saturated rings. The van der Waals surface area contributed by atoms with Gasteiger partial charge in [0.1, 0.15) is 17.4 Å². The van der Waals surface area contributed by atoms with Gasteiger partial charge in [-0.2, -0.15) is 10.1 Å². The number of methoxy groups -OCH3 is 1. The highest BCUT2D eigenvalue weighted by Crippen LogP contribution is 2.28. The lowest BCUT2D eigenvalue weighted by atomic mass is 10.1. The van der Waals surface area contributed by atoms with E-state index in [0.29, 0.717) is 24.1 Å². The molecule has 2 aromatic heterocycles. The minimum Gasteiger partial charge on any atom is -0.497 e. The maximum Gasteiger partial charge on any atom is 0.225 e. The van der Waals surface area contributed by atoms with Crippen LogP contribution in [0.4, 0.5) is 22.0 Å². The van der Waals surface area contributed by atoms with E-state index in [9.17, 15) is 4.39 Å². The standard InChI is InChI=1S/C22H23FN6O/c1-3-16-12-20(29-28-16)26-21-18-13-17(30-2)8-9-19(18)25-22(27-21)24-11-10-14-4-6-15(23)7-5-14/h4-9,12-13H,3,10-11H2,1-2H3,(H3,24,25,26,27,28,29). The smallest absolute Gasteiger partial charge is 0.225 e. The van der Waals surface area contributed by atoms with E-state index in [2.05, 4.69) is 37.7 Å². The van der Waals surface area contributed by atoms with Crippen LogP contribution in [0.3, 0.4) is 0 Å². The molecule has 0 unspecified atom stereocenters. The maximum absolute atomic E-state index is 13.1. The molecule has 7 nitrogen and oxygen atoms in total. The summed E-state index contributed by atoms with van der Waals surface area (Å²) >= 11 is 0. The molecule has 0 saturated carbocycles. The van der Waals surface area contributed by atoms with Crippen LogP contribution in [-0.4, -0.2) is 33.8 Å². The molecule has 0 aliphatic heterocycles. The molecular weight excluding hydrogens is 383 g/mol. The lowest BCUT2D eigenvalue weighted by Gasteiger charge is -2.12. The molecule has 3 N–H and O–H groups in total. The minimum absolute atomic E-state index is 0.236. The number of nitrogens with zero attached hydrogens (tertiary/aromatic N) is 3. The van der Waals surface area contributed by atoms with Gasteiger partial charge in [-0.05, 0) is 48.7 Å². The topological polar surface area (TPSA) is 87.8 Å². The molecule has 2 heterocycles. The van der Waals surface area contributed by atoms with Crippen molar-refractivity contribution in [2.75, 3.05) is 24.3 Å². The summed E-state index contributed by atoms with van der Waals surface area (Å²) in [5, 5.41) is 14.7. The highest BCUT2D eigenvalue weighted by Gasteiger charge is 2.11. The van der Waals surface area contributed by atoms with Gasteiger partial charge < -0.3 is 15.4 Å². The second kappa shape index (κ2) is 8.77. The Morgan fingerprint density at radius 1 is 1.07 bits per heavy atom. The average Bonchev–Trinajstić information content (AvgIpc) is 3.22. The van der Waals surface area contributed by atoms with Gasteiger partial charge in [0.2, 0.25) is 5.95 Å². The molecule has 4 aromatic rings. The number of ether oxygens (including phenoxy) is 1. The summed E-state index contributed by atoms with van der Waals surface area (Å²) in [4.78, 5) is 9.26. The van der Waals surface area contributed by atoms with Crippen LogP contribution >= 0.6 is 0 Å². The van der Waals surface area contributed by atoms with E-state index >= 15 is 0 Å². The SMILES string of the molecule is CCc1cc(Nc2nc(NCCc3ccc(F)cc3)nc3ccc(OC)cc23)n[nH]1. The number of hydrogen-bond donors (Lipinski definition) is 3. The van der Waals surface area contributed by atoms with Gasteiger partial charge in [-0.3, -0.25) is 5.10 Å². The van der Waals surface area contributed by atoms with E-state index < -0.39 is 0 Å². The first-order valence-corrected chi connectivity index (χ1v) is 9.80. The number of fused-ring (bicyclic) bond motifs is 1. The number of nitrogens with one attached hydrogen (secondary N) is 3. The lowest BCUT2D eigenvalue weighted by Crippen LogP contribution is -2.09. The van der Waals surface area contributed by atoms with Gasteiger partial charge in [-0.1, -0.05) is 19.1 Å². The number of aromatic amines is 1. The first kappa shape index (κ1) is 19.6. The van der Waals surface area contributed by atoms with Crippen molar-refractivity contribution in [1.29, 1.82) is 0 Å². The molecular formula is C22H23FN6O. The van der Waals surface area contributed by atoms with E-state index in [1.807, 2.05) is 24.3 Å². The Morgan fingerprint density at radius 2 is 1.90 bits per heavy atom. The number of H-pyrrole nitrogens is 1. The molecule has 2 aromatic carbocycles. The van der Waals surface area contributed by atoms with Gasteiger partial charge in [-0.25, -0.2) is 9.37 Å². The monoisotopic (exact) mass is 406 g/mol. The predicted octanol–water partition coefficient (Wildman–Crippen LogP) is 4.46. The third-order valence-electron chi connectivity index (χ3n) is 4.77. The van der Waals surface area contributed by atoms with Crippen molar-refractivity contribution in [2.24, 2.45) is 0 Å². The van der Waals surface area contributed by atoms with E-state index in [1.165, 1.54) is 12.1 Å². The maximum atomic E-state index is 13.1. The van der Waals surface area contributed by atoms with Crippen LogP contribution in [0, 0.1) is 5.82 Å². The molecule has 0 spiro atoms. The van der Waals surface area contributed by atoms with Gasteiger partial charge in [0.05, 0.1) is 12.6 Å². The summed E-state index contributed by atoms with van der Waals surface area (Å²) in [6.07, 6.45) is 1.59. The van der Waals surface area contributed by atoms with E-state index in [4.69, 9.17) is 4.74 Å². The fourth-order valence-corrected chi connectivity index (χ4v) is 3.11. The summed E-state index contributed by atoms with van der Waals surface area (Å²) in [6, 6.07) is 14.1. The van der Waals surface area contributed by atoms with Crippen molar-refractivity contribution >= 4 is 28.5 Å². The van der Waals surface area contributed by atoms with Crippen LogP contribution in [0.2, 0.25) is 0 Å². The summed E-state index contributed by atoms with van der Waals surface area (Å²) < 4.78 is 18.4. The Bertz CT molecular complexity index is 1140. The molecule has 0 amide bonds. The number of halogens is 1. The highest BCUT2D eigenvalue weighted by molar-refractivity contribution is 5.92. The fraction of sp³-hybridized carbons (Fsp3) is 0.227. The molecule has 0 saturated heterocycles. The lowest BCUT2D eigenvalue weighted by molar-refractivity contribution is 0.415. The molecule has 0 atom stereocenters. The van der Waals surface area contributed by atoms with Gasteiger partial charge in [0.25, 0.3) is 0 Å². The quantitative estimate of drug-likeness (QED) is 0.400. The van der Waals surface area contributed by atoms with Crippen molar-refractivity contribution in [2.45, 2.75) is 19.8 Å². The predicted molar refractivity (Wildman–Crippen MR) is 116 cm³/mol. The molecule has 30 heavy (non-hydrogen) atoms. The van der Waals surface area contributed by atoms with Gasteiger partial charge >= 0.3 is 0 Å². The number of hydrogen-bond acceptors (Lipinski definition) is 6. The fourth-order valence-electron chi connectivity index (χ4n) is 3.11. The Hall–Kier alpha value is -3.68. The Balaban J connectivity index is 1.58. The number of aryl methyl sites for hydroxylation is 1. The van der Waals surface area contributed by atoms with Crippen LogP contribution in [0.25, 0.3) is 10.9 Å². The van der Waals surface area contributed by atoms with Crippen molar-refractivity contribution in [3.63, 3.8) is 0 Å². The number of aromatic nitrogens is 4. The van der Waals surface area contributed by atoms with Crippen molar-refractivity contribution in [1.82, 2.24) is 20.2 Å². The first-order valence-electron chi connectivity index (χ1n) is 9.80. The van der Waals surface area contributed by atoms with Gasteiger partial charge in [0.15, 0.2) is 5.82 Å². The third kappa shape index (κ3) is 4.48. The second-order valence-electron chi connectivity index (χ2n) is 6.84. The molecule has 154 valence electrons. The number of rotatable bonds is 8. The Morgan fingerprint density at radius 3 is 2.63 bits per heavy atom. The van der Waals surface area contributed by atoms with E-state index in [0.717, 1.165) is 40.8 Å². The summed E-state index contributed by atoms with van der Waals surface area (Å²) in [7, 11) is 1.63. The first-order chi connectivity index (χ1) is 14.6. The zero-order valence-corrected chi connectivity index (χ0v) is 16.9. The zero-order chi connectivity index (χ0) is 20.9. The van der Waals surface area contributed by atoms with Crippen molar-refractivity contribution < 1.29 is 9.13 Å². The zero-order valence-electron chi connectivity index (χ0n) is 16.9. The van der Waals surface area contributed by atoms with Gasteiger partial charge in [-0.15, -0.1) is 0 Å². The molecule has 4 rings (SSSR count). The molecule has 0 radical (unpaired) electrons. The van der Waals surface area contributed by atoms with Crippen LogP contribution in [0.1, 0.15) is 18.2 Å². The van der Waals surface area contributed by atoms with E-state index in [-0.39, 0.29) is 5.82 Å². The van der Waals surface area contributed by atoms with Crippen LogP contribution in [0.15, 0.2) is 48.5 Å². The van der Waals surface area contributed by atoms with E-state index in [1.54, 1.807) is 19.2 Å². The number of anilines is 3. The van der Waals surface area contributed by atoms with Gasteiger partial charge in [0, 0.05) is 23.7 Å². The normalized spacial score (nSPS) is 10.9. The molecule has 0 bridgehead atoms. The summed E-state index contributed by atoms with van der Waals surface area (Å²) in [5.41, 5.74) is 2.85. The van der Waals surface area contributed by atoms with Crippen LogP contribution in [0.5, 0.6) is 5.75 Å². The average molecular weight is 406 g/mol. The third-order valence-corrected chi connectivity index (χ3v) is 4.77. The van der Waals surface area contributed by atoms with Crippen molar-refractivity contribution in [3.05, 3.63) is 65.6 Å². The molecule has 8 heteroatoms. The molecule has 0 aliphatic carbocycles. The Kier molecular flexibility index (Phi) is 5.74.